The number of nitrogens with one attached hydrogen (secondary N) is 1. The molecule has 0 spiro atoms. The van der Waals surface area contributed by atoms with Gasteiger partial charge in [-0.25, -0.2) is 9.78 Å². The SMILES string of the molecule is NCCCCN(Cc1nc2ccccc2[nH]1)C1CCCc2cccnc21.O=C(O)c1ccccc1. The Labute approximate surface area is 206 Å². The molecule has 0 aliphatic heterocycles. The average molecular weight is 472 g/mol. The lowest BCUT2D eigenvalue weighted by atomic mass is 9.90. The molecule has 0 amide bonds. The van der Waals surface area contributed by atoms with Crippen LogP contribution in [0.1, 0.15) is 59.2 Å². The lowest BCUT2D eigenvalue weighted by Gasteiger charge is -2.34. The summed E-state index contributed by atoms with van der Waals surface area (Å²) in [6.45, 7) is 2.59. The summed E-state index contributed by atoms with van der Waals surface area (Å²) in [6, 6.07) is 21.2. The zero-order valence-electron chi connectivity index (χ0n) is 19.9. The van der Waals surface area contributed by atoms with Gasteiger partial charge in [0.1, 0.15) is 5.82 Å². The molecule has 1 unspecified atom stereocenters. The number of hydrogen-bond donors (Lipinski definition) is 3. The third-order valence-corrected chi connectivity index (χ3v) is 6.32. The van der Waals surface area contributed by atoms with Crippen LogP contribution in [0.15, 0.2) is 72.9 Å². The number of pyridine rings is 1. The Balaban J connectivity index is 0.000000271. The number of imidazole rings is 1. The van der Waals surface area contributed by atoms with Gasteiger partial charge in [0.05, 0.1) is 34.9 Å². The standard InChI is InChI=1S/C21H27N5.C7H6O2/c22-12-3-4-14-26(15-20-24-17-9-1-2-10-18(17)25-20)19-11-5-7-16-8-6-13-23-21(16)19;8-7(9)6-4-2-1-3-5-6/h1-2,6,8-10,13,19H,3-5,7,11-12,14-15,22H2,(H,24,25);1-5H,(H,8,9). The Hall–Kier alpha value is -3.55. The van der Waals surface area contributed by atoms with E-state index in [1.165, 1.54) is 17.7 Å². The Bertz CT molecular complexity index is 1190. The molecule has 4 N–H and O–H groups in total. The van der Waals surface area contributed by atoms with Crippen molar-refractivity contribution in [1.82, 2.24) is 19.9 Å². The fraction of sp³-hybridized carbons (Fsp3) is 0.321. The van der Waals surface area contributed by atoms with Crippen molar-refractivity contribution in [1.29, 1.82) is 0 Å². The van der Waals surface area contributed by atoms with E-state index in [0.717, 1.165) is 62.2 Å². The Kier molecular flexibility index (Phi) is 8.59. The molecule has 2 aromatic carbocycles. The maximum Gasteiger partial charge on any atom is 0.335 e. The van der Waals surface area contributed by atoms with Crippen LogP contribution in [0.3, 0.4) is 0 Å². The highest BCUT2D eigenvalue weighted by molar-refractivity contribution is 5.87. The number of aryl methyl sites for hydroxylation is 1. The van der Waals surface area contributed by atoms with Gasteiger partial charge in [0.15, 0.2) is 0 Å². The van der Waals surface area contributed by atoms with Gasteiger partial charge >= 0.3 is 5.97 Å². The summed E-state index contributed by atoms with van der Waals surface area (Å²) in [5.74, 6) is 0.151. The van der Waals surface area contributed by atoms with Crippen molar-refractivity contribution in [3.05, 3.63) is 95.6 Å². The molecule has 0 radical (unpaired) electrons. The minimum Gasteiger partial charge on any atom is -0.478 e. The Morgan fingerprint density at radius 2 is 1.86 bits per heavy atom. The zero-order chi connectivity index (χ0) is 24.5. The number of H-pyrrole nitrogens is 1. The summed E-state index contributed by atoms with van der Waals surface area (Å²) < 4.78 is 0. The van der Waals surface area contributed by atoms with Crippen molar-refractivity contribution >= 4 is 17.0 Å². The number of aromatic nitrogens is 3. The number of rotatable bonds is 8. The monoisotopic (exact) mass is 471 g/mol. The number of fused-ring (bicyclic) bond motifs is 2. The molecular weight excluding hydrogens is 438 g/mol. The van der Waals surface area contributed by atoms with E-state index in [-0.39, 0.29) is 0 Å². The number of carboxylic acids is 1. The number of carboxylic acid groups (broad SMARTS) is 1. The summed E-state index contributed by atoms with van der Waals surface area (Å²) in [5.41, 5.74) is 10.8. The summed E-state index contributed by atoms with van der Waals surface area (Å²) in [5, 5.41) is 8.38. The maximum atomic E-state index is 10.2. The molecule has 35 heavy (non-hydrogen) atoms. The van der Waals surface area contributed by atoms with Crippen molar-refractivity contribution < 1.29 is 9.90 Å². The molecule has 0 saturated carbocycles. The first kappa shape index (κ1) is 24.6. The van der Waals surface area contributed by atoms with Gasteiger partial charge in [0, 0.05) is 6.20 Å². The molecule has 182 valence electrons. The van der Waals surface area contributed by atoms with E-state index in [0.29, 0.717) is 11.6 Å². The smallest absolute Gasteiger partial charge is 0.335 e. The molecule has 0 saturated heterocycles. The van der Waals surface area contributed by atoms with Gasteiger partial charge in [-0.3, -0.25) is 9.88 Å². The molecule has 7 heteroatoms. The average Bonchev–Trinajstić information content (AvgIpc) is 3.31. The predicted molar refractivity (Wildman–Crippen MR) is 138 cm³/mol. The Morgan fingerprint density at radius 1 is 1.06 bits per heavy atom. The van der Waals surface area contributed by atoms with Crippen LogP contribution in [0.4, 0.5) is 0 Å². The number of carbonyl (C=O) groups is 1. The van der Waals surface area contributed by atoms with Gasteiger partial charge in [-0.05, 0) is 81.1 Å². The first-order valence-corrected chi connectivity index (χ1v) is 12.3. The van der Waals surface area contributed by atoms with Crippen molar-refractivity contribution in [3.63, 3.8) is 0 Å². The van der Waals surface area contributed by atoms with Crippen LogP contribution in [0.2, 0.25) is 0 Å². The zero-order valence-corrected chi connectivity index (χ0v) is 19.9. The third-order valence-electron chi connectivity index (χ3n) is 6.32. The number of aromatic carboxylic acids is 1. The van der Waals surface area contributed by atoms with Crippen molar-refractivity contribution in [2.75, 3.05) is 13.1 Å². The fourth-order valence-corrected chi connectivity index (χ4v) is 4.60. The predicted octanol–water partition coefficient (Wildman–Crippen LogP) is 4.96. The summed E-state index contributed by atoms with van der Waals surface area (Å²) in [7, 11) is 0. The number of nitrogens with zero attached hydrogens (tertiary/aromatic N) is 3. The van der Waals surface area contributed by atoms with E-state index in [2.05, 4.69) is 34.1 Å². The van der Waals surface area contributed by atoms with Crippen molar-refractivity contribution in [2.24, 2.45) is 5.73 Å². The van der Waals surface area contributed by atoms with Crippen LogP contribution >= 0.6 is 0 Å². The number of hydrogen-bond acceptors (Lipinski definition) is 5. The number of nitrogens with two attached hydrogens (primary N) is 1. The van der Waals surface area contributed by atoms with Crippen LogP contribution in [0.5, 0.6) is 0 Å². The van der Waals surface area contributed by atoms with E-state index in [9.17, 15) is 4.79 Å². The topological polar surface area (TPSA) is 108 Å². The van der Waals surface area contributed by atoms with Gasteiger partial charge < -0.3 is 15.8 Å². The molecule has 1 aliphatic rings. The van der Waals surface area contributed by atoms with Gasteiger partial charge in [-0.2, -0.15) is 0 Å². The highest BCUT2D eigenvalue weighted by atomic mass is 16.4. The molecule has 1 atom stereocenters. The first-order valence-electron chi connectivity index (χ1n) is 12.3. The Morgan fingerprint density at radius 3 is 2.60 bits per heavy atom. The van der Waals surface area contributed by atoms with E-state index in [1.807, 2.05) is 18.3 Å². The van der Waals surface area contributed by atoms with Gasteiger partial charge in [0.25, 0.3) is 0 Å². The lowest BCUT2D eigenvalue weighted by Crippen LogP contribution is -2.33. The quantitative estimate of drug-likeness (QED) is 0.314. The third kappa shape index (κ3) is 6.53. The second-order valence-electron chi connectivity index (χ2n) is 8.79. The van der Waals surface area contributed by atoms with Crippen LogP contribution < -0.4 is 5.73 Å². The van der Waals surface area contributed by atoms with Crippen LogP contribution in [0, 0.1) is 0 Å². The highest BCUT2D eigenvalue weighted by Gasteiger charge is 2.27. The summed E-state index contributed by atoms with van der Waals surface area (Å²) in [4.78, 5) is 25.7. The number of unbranched alkanes of at least 4 members (excludes halogenated alkanes) is 1. The van der Waals surface area contributed by atoms with E-state index >= 15 is 0 Å². The lowest BCUT2D eigenvalue weighted by molar-refractivity contribution is 0.0697. The summed E-state index contributed by atoms with van der Waals surface area (Å²) >= 11 is 0. The molecule has 0 bridgehead atoms. The minimum atomic E-state index is -0.879. The molecule has 5 rings (SSSR count). The summed E-state index contributed by atoms with van der Waals surface area (Å²) in [6.07, 6.45) is 7.61. The second-order valence-corrected chi connectivity index (χ2v) is 8.79. The fourth-order valence-electron chi connectivity index (χ4n) is 4.60. The number of aromatic amines is 1. The molecule has 4 aromatic rings. The van der Waals surface area contributed by atoms with E-state index < -0.39 is 5.97 Å². The minimum absolute atomic E-state index is 0.331. The normalized spacial score (nSPS) is 14.9. The van der Waals surface area contributed by atoms with Crippen LogP contribution in [-0.2, 0) is 13.0 Å². The van der Waals surface area contributed by atoms with Crippen molar-refractivity contribution in [2.45, 2.75) is 44.7 Å². The van der Waals surface area contributed by atoms with E-state index in [4.69, 9.17) is 20.8 Å². The number of benzene rings is 2. The van der Waals surface area contributed by atoms with Crippen LogP contribution in [0.25, 0.3) is 11.0 Å². The molecule has 7 nitrogen and oxygen atoms in total. The number of para-hydroxylation sites is 2. The molecule has 2 heterocycles. The molecule has 1 aliphatic carbocycles. The van der Waals surface area contributed by atoms with E-state index in [1.54, 1.807) is 30.3 Å². The largest absolute Gasteiger partial charge is 0.478 e. The highest BCUT2D eigenvalue weighted by Crippen LogP contribution is 2.33. The molecular formula is C28H33N5O2. The molecule has 0 fully saturated rings. The van der Waals surface area contributed by atoms with Crippen molar-refractivity contribution in [3.8, 4) is 0 Å². The molecule has 2 aromatic heterocycles. The van der Waals surface area contributed by atoms with Gasteiger partial charge in [-0.1, -0.05) is 36.4 Å². The van der Waals surface area contributed by atoms with Gasteiger partial charge in [0.2, 0.25) is 0 Å². The second kappa shape index (κ2) is 12.2. The van der Waals surface area contributed by atoms with Crippen LogP contribution in [-0.4, -0.2) is 44.0 Å². The maximum absolute atomic E-state index is 10.2. The first-order chi connectivity index (χ1) is 17.2. The van der Waals surface area contributed by atoms with Gasteiger partial charge in [-0.15, -0.1) is 0 Å².